The van der Waals surface area contributed by atoms with Crippen molar-refractivity contribution >= 4 is 17.5 Å². The van der Waals surface area contributed by atoms with Crippen LogP contribution in [-0.2, 0) is 4.79 Å². The second-order valence-electron chi connectivity index (χ2n) is 3.41. The first-order valence-corrected chi connectivity index (χ1v) is 5.30. The minimum Gasteiger partial charge on any atom is -0.354 e. The fraction of sp³-hybridized carbons (Fsp3) is 0.889. The van der Waals surface area contributed by atoms with Crippen molar-refractivity contribution in [2.45, 2.75) is 44.8 Å². The average Bonchev–Trinajstić information content (AvgIpc) is 2.10. The van der Waals surface area contributed by atoms with Crippen LogP contribution in [0.15, 0.2) is 0 Å². The summed E-state index contributed by atoms with van der Waals surface area (Å²) < 4.78 is 35.3. The van der Waals surface area contributed by atoms with Crippen molar-refractivity contribution in [3.63, 3.8) is 0 Å². The maximum atomic E-state index is 11.8. The van der Waals surface area contributed by atoms with Crippen LogP contribution < -0.4 is 5.32 Å². The van der Waals surface area contributed by atoms with Gasteiger partial charge in [0.25, 0.3) is 0 Å². The number of nitrogens with one attached hydrogen (secondary N) is 1. The molecule has 1 atom stereocenters. The standard InChI is InChI=1S/C9H15ClF3NO/c1-7(3-2-6-10)14-8(15)4-5-9(11,12)13/h7H,2-6H2,1H3,(H,14,15). The highest BCUT2D eigenvalue weighted by Crippen LogP contribution is 2.21. The molecule has 0 fully saturated rings. The molecule has 2 nitrogen and oxygen atoms in total. The zero-order chi connectivity index (χ0) is 11.9. The van der Waals surface area contributed by atoms with Gasteiger partial charge in [0.1, 0.15) is 0 Å². The number of halogens is 4. The summed E-state index contributed by atoms with van der Waals surface area (Å²) in [7, 11) is 0. The SMILES string of the molecule is CC(CCCCl)NC(=O)CCC(F)(F)F. The smallest absolute Gasteiger partial charge is 0.354 e. The van der Waals surface area contributed by atoms with Crippen LogP contribution >= 0.6 is 11.6 Å². The van der Waals surface area contributed by atoms with Gasteiger partial charge in [-0.3, -0.25) is 4.79 Å². The van der Waals surface area contributed by atoms with Gasteiger partial charge >= 0.3 is 6.18 Å². The Bertz CT molecular complexity index is 196. The molecular formula is C9H15ClF3NO. The molecule has 0 saturated carbocycles. The third-order valence-corrected chi connectivity index (χ3v) is 2.08. The third-order valence-electron chi connectivity index (χ3n) is 1.81. The van der Waals surface area contributed by atoms with Crippen molar-refractivity contribution in [3.8, 4) is 0 Å². The van der Waals surface area contributed by atoms with E-state index in [1.807, 2.05) is 0 Å². The van der Waals surface area contributed by atoms with E-state index in [9.17, 15) is 18.0 Å². The van der Waals surface area contributed by atoms with Crippen molar-refractivity contribution in [3.05, 3.63) is 0 Å². The van der Waals surface area contributed by atoms with Crippen molar-refractivity contribution < 1.29 is 18.0 Å². The fourth-order valence-corrected chi connectivity index (χ4v) is 1.21. The van der Waals surface area contributed by atoms with E-state index in [1.54, 1.807) is 6.92 Å². The largest absolute Gasteiger partial charge is 0.389 e. The second-order valence-corrected chi connectivity index (χ2v) is 3.79. The number of hydrogen-bond acceptors (Lipinski definition) is 1. The van der Waals surface area contributed by atoms with E-state index in [0.29, 0.717) is 12.3 Å². The van der Waals surface area contributed by atoms with Gasteiger partial charge in [0.05, 0.1) is 6.42 Å². The van der Waals surface area contributed by atoms with Crippen LogP contribution in [0.5, 0.6) is 0 Å². The van der Waals surface area contributed by atoms with E-state index in [2.05, 4.69) is 5.32 Å². The molecule has 0 radical (unpaired) electrons. The molecule has 0 aliphatic rings. The number of carbonyl (C=O) groups is 1. The number of amides is 1. The number of hydrogen-bond donors (Lipinski definition) is 1. The maximum absolute atomic E-state index is 11.8. The van der Waals surface area contributed by atoms with Crippen LogP contribution in [0.25, 0.3) is 0 Å². The van der Waals surface area contributed by atoms with Crippen LogP contribution in [-0.4, -0.2) is 24.0 Å². The van der Waals surface area contributed by atoms with Crippen LogP contribution in [0.3, 0.4) is 0 Å². The molecule has 0 rings (SSSR count). The Hall–Kier alpha value is -0.450. The minimum atomic E-state index is -4.27. The van der Waals surface area contributed by atoms with Crippen LogP contribution in [0.4, 0.5) is 13.2 Å². The molecule has 0 aromatic heterocycles. The Morgan fingerprint density at radius 1 is 1.47 bits per heavy atom. The van der Waals surface area contributed by atoms with E-state index in [-0.39, 0.29) is 6.04 Å². The Morgan fingerprint density at radius 3 is 2.53 bits per heavy atom. The van der Waals surface area contributed by atoms with Crippen molar-refractivity contribution in [1.29, 1.82) is 0 Å². The molecule has 90 valence electrons. The molecule has 0 aromatic carbocycles. The molecule has 15 heavy (non-hydrogen) atoms. The molecule has 0 aliphatic carbocycles. The van der Waals surface area contributed by atoms with Crippen molar-refractivity contribution in [2.24, 2.45) is 0 Å². The van der Waals surface area contributed by atoms with Gasteiger partial charge in [-0.15, -0.1) is 11.6 Å². The summed E-state index contributed by atoms with van der Waals surface area (Å²) in [6, 6.07) is -0.121. The highest BCUT2D eigenvalue weighted by molar-refractivity contribution is 6.17. The zero-order valence-corrected chi connectivity index (χ0v) is 9.29. The van der Waals surface area contributed by atoms with Gasteiger partial charge in [0.2, 0.25) is 5.91 Å². The van der Waals surface area contributed by atoms with E-state index >= 15 is 0 Å². The fourth-order valence-electron chi connectivity index (χ4n) is 1.06. The summed E-state index contributed by atoms with van der Waals surface area (Å²) in [6.45, 7) is 1.75. The molecule has 0 aliphatic heterocycles. The quantitative estimate of drug-likeness (QED) is 0.717. The van der Waals surface area contributed by atoms with Crippen molar-refractivity contribution in [2.75, 3.05) is 5.88 Å². The number of rotatable bonds is 6. The van der Waals surface area contributed by atoms with Gasteiger partial charge in [-0.2, -0.15) is 13.2 Å². The monoisotopic (exact) mass is 245 g/mol. The molecule has 0 heterocycles. The van der Waals surface area contributed by atoms with Gasteiger partial charge in [-0.1, -0.05) is 0 Å². The topological polar surface area (TPSA) is 29.1 Å². The molecule has 6 heteroatoms. The normalized spacial score (nSPS) is 13.7. The number of alkyl halides is 4. The van der Waals surface area contributed by atoms with Crippen LogP contribution in [0, 0.1) is 0 Å². The van der Waals surface area contributed by atoms with E-state index in [1.165, 1.54) is 0 Å². The summed E-state index contributed by atoms with van der Waals surface area (Å²) in [5.74, 6) is -0.0719. The summed E-state index contributed by atoms with van der Waals surface area (Å²) in [6.07, 6.45) is -4.42. The third kappa shape index (κ3) is 9.85. The van der Waals surface area contributed by atoms with Gasteiger partial charge < -0.3 is 5.32 Å². The Morgan fingerprint density at radius 2 is 2.07 bits per heavy atom. The molecule has 0 aromatic rings. The molecular weight excluding hydrogens is 231 g/mol. The summed E-state index contributed by atoms with van der Waals surface area (Å²) >= 11 is 5.44. The minimum absolute atomic E-state index is 0.121. The average molecular weight is 246 g/mol. The van der Waals surface area contributed by atoms with E-state index in [4.69, 9.17) is 11.6 Å². The Kier molecular flexibility index (Phi) is 6.72. The van der Waals surface area contributed by atoms with E-state index < -0.39 is 24.9 Å². The molecule has 0 spiro atoms. The van der Waals surface area contributed by atoms with Gasteiger partial charge in [0, 0.05) is 18.3 Å². The van der Waals surface area contributed by atoms with E-state index in [0.717, 1.165) is 6.42 Å². The predicted octanol–water partition coefficient (Wildman–Crippen LogP) is 2.85. The highest BCUT2D eigenvalue weighted by Gasteiger charge is 2.27. The summed E-state index contributed by atoms with van der Waals surface area (Å²) in [4.78, 5) is 11.0. The maximum Gasteiger partial charge on any atom is 0.389 e. The van der Waals surface area contributed by atoms with Crippen LogP contribution in [0.1, 0.15) is 32.6 Å². The van der Waals surface area contributed by atoms with Gasteiger partial charge in [-0.25, -0.2) is 0 Å². The lowest BCUT2D eigenvalue weighted by atomic mass is 10.2. The molecule has 0 bridgehead atoms. The first kappa shape index (κ1) is 14.6. The number of carbonyl (C=O) groups excluding carboxylic acids is 1. The molecule has 0 saturated heterocycles. The van der Waals surface area contributed by atoms with Crippen molar-refractivity contribution in [1.82, 2.24) is 5.32 Å². The zero-order valence-electron chi connectivity index (χ0n) is 8.53. The highest BCUT2D eigenvalue weighted by atomic mass is 35.5. The van der Waals surface area contributed by atoms with Crippen LogP contribution in [0.2, 0.25) is 0 Å². The lowest BCUT2D eigenvalue weighted by molar-refractivity contribution is -0.144. The Balaban J connectivity index is 3.64. The first-order chi connectivity index (χ1) is 6.85. The molecule has 1 amide bonds. The lowest BCUT2D eigenvalue weighted by Crippen LogP contribution is -2.33. The lowest BCUT2D eigenvalue weighted by Gasteiger charge is -2.13. The molecule has 1 unspecified atom stereocenters. The molecule has 1 N–H and O–H groups in total. The Labute approximate surface area is 92.2 Å². The van der Waals surface area contributed by atoms with Gasteiger partial charge in [-0.05, 0) is 19.8 Å². The summed E-state index contributed by atoms with van der Waals surface area (Å²) in [5, 5.41) is 2.49. The summed E-state index contributed by atoms with van der Waals surface area (Å²) in [5.41, 5.74) is 0. The predicted molar refractivity (Wildman–Crippen MR) is 52.8 cm³/mol. The first-order valence-electron chi connectivity index (χ1n) is 4.77. The second kappa shape index (κ2) is 6.93. The van der Waals surface area contributed by atoms with Gasteiger partial charge in [0.15, 0.2) is 0 Å².